The van der Waals surface area contributed by atoms with E-state index >= 15 is 0 Å². The summed E-state index contributed by atoms with van der Waals surface area (Å²) < 4.78 is 0. The normalized spacial score (nSPS) is 13.8. The zero-order chi connectivity index (χ0) is 13.9. The van der Waals surface area contributed by atoms with Crippen LogP contribution in [0.3, 0.4) is 0 Å². The molecule has 3 N–H and O–H groups in total. The average molecular weight is 297 g/mol. The molecule has 0 aliphatic heterocycles. The molecule has 7 heteroatoms. The van der Waals surface area contributed by atoms with Gasteiger partial charge in [-0.25, -0.2) is 9.78 Å². The molecule has 0 unspecified atom stereocenters. The van der Waals surface area contributed by atoms with E-state index in [0.29, 0.717) is 5.13 Å². The maximum atomic E-state index is 11.7. The SMILES string of the molecule is Cc1cnc(NC(=O)NC[C@](C)(O)c2ccsc2)s1. The molecule has 2 rings (SSSR count). The number of carbonyl (C=O) groups excluding carboxylic acids is 1. The first-order valence-corrected chi connectivity index (χ1v) is 7.45. The second-order valence-corrected chi connectivity index (χ2v) is 6.38. The molecule has 2 heterocycles. The number of rotatable bonds is 4. The summed E-state index contributed by atoms with van der Waals surface area (Å²) in [4.78, 5) is 16.7. The van der Waals surface area contributed by atoms with Crippen molar-refractivity contribution in [3.8, 4) is 0 Å². The molecular formula is C12H15N3O2S2. The Morgan fingerprint density at radius 3 is 2.95 bits per heavy atom. The molecule has 1 atom stereocenters. The lowest BCUT2D eigenvalue weighted by Gasteiger charge is -2.22. The molecular weight excluding hydrogens is 282 g/mol. The van der Waals surface area contributed by atoms with Gasteiger partial charge >= 0.3 is 6.03 Å². The molecule has 0 saturated carbocycles. The lowest BCUT2D eigenvalue weighted by Crippen LogP contribution is -2.40. The van der Waals surface area contributed by atoms with Crippen LogP contribution in [0.15, 0.2) is 23.0 Å². The fourth-order valence-electron chi connectivity index (χ4n) is 1.48. The van der Waals surface area contributed by atoms with Gasteiger partial charge < -0.3 is 10.4 Å². The molecule has 5 nitrogen and oxygen atoms in total. The molecule has 2 aromatic rings. The lowest BCUT2D eigenvalue weighted by molar-refractivity contribution is 0.0604. The van der Waals surface area contributed by atoms with Crippen LogP contribution >= 0.6 is 22.7 Å². The largest absolute Gasteiger partial charge is 0.384 e. The van der Waals surface area contributed by atoms with Crippen LogP contribution in [0.5, 0.6) is 0 Å². The van der Waals surface area contributed by atoms with E-state index in [1.807, 2.05) is 23.8 Å². The first-order chi connectivity index (χ1) is 8.97. The zero-order valence-corrected chi connectivity index (χ0v) is 12.3. The second-order valence-electron chi connectivity index (χ2n) is 4.37. The van der Waals surface area contributed by atoms with Gasteiger partial charge in [0.15, 0.2) is 5.13 Å². The summed E-state index contributed by atoms with van der Waals surface area (Å²) in [5.41, 5.74) is -0.279. The summed E-state index contributed by atoms with van der Waals surface area (Å²) in [5, 5.41) is 19.8. The zero-order valence-electron chi connectivity index (χ0n) is 10.6. The molecule has 0 saturated heterocycles. The quantitative estimate of drug-likeness (QED) is 0.812. The van der Waals surface area contributed by atoms with Crippen molar-refractivity contribution in [1.82, 2.24) is 10.3 Å². The van der Waals surface area contributed by atoms with Crippen LogP contribution in [0, 0.1) is 6.92 Å². The molecule has 0 aromatic carbocycles. The number of hydrogen-bond donors (Lipinski definition) is 3. The number of aromatic nitrogens is 1. The molecule has 102 valence electrons. The number of thiophene rings is 1. The Labute approximate surface area is 119 Å². The summed E-state index contributed by atoms with van der Waals surface area (Å²) >= 11 is 2.91. The van der Waals surface area contributed by atoms with Gasteiger partial charge in [0, 0.05) is 11.1 Å². The third-order valence-electron chi connectivity index (χ3n) is 2.58. The topological polar surface area (TPSA) is 74.2 Å². The smallest absolute Gasteiger partial charge is 0.321 e. The second kappa shape index (κ2) is 5.68. The van der Waals surface area contributed by atoms with Crippen molar-refractivity contribution in [2.75, 3.05) is 11.9 Å². The summed E-state index contributed by atoms with van der Waals surface area (Å²) in [5.74, 6) is 0. The van der Waals surface area contributed by atoms with E-state index in [0.717, 1.165) is 10.4 Å². The third kappa shape index (κ3) is 3.76. The highest BCUT2D eigenvalue weighted by Crippen LogP contribution is 2.22. The number of aryl methyl sites for hydroxylation is 1. The van der Waals surface area contributed by atoms with Crippen LogP contribution < -0.4 is 10.6 Å². The van der Waals surface area contributed by atoms with Crippen molar-refractivity contribution in [2.45, 2.75) is 19.4 Å². The number of anilines is 1. The van der Waals surface area contributed by atoms with Crippen molar-refractivity contribution in [2.24, 2.45) is 0 Å². The van der Waals surface area contributed by atoms with Crippen molar-refractivity contribution >= 4 is 33.8 Å². The van der Waals surface area contributed by atoms with Gasteiger partial charge in [0.1, 0.15) is 5.60 Å². The number of hydrogen-bond acceptors (Lipinski definition) is 5. The fraction of sp³-hybridized carbons (Fsp3) is 0.333. The van der Waals surface area contributed by atoms with E-state index in [9.17, 15) is 9.90 Å². The fourth-order valence-corrected chi connectivity index (χ4v) is 2.92. The van der Waals surface area contributed by atoms with E-state index in [1.165, 1.54) is 22.7 Å². The minimum absolute atomic E-state index is 0.139. The predicted molar refractivity (Wildman–Crippen MR) is 77.8 cm³/mol. The van der Waals surface area contributed by atoms with Crippen molar-refractivity contribution in [3.05, 3.63) is 33.5 Å². The number of urea groups is 1. The van der Waals surface area contributed by atoms with Gasteiger partial charge in [0.25, 0.3) is 0 Å². The van der Waals surface area contributed by atoms with Gasteiger partial charge in [0.2, 0.25) is 0 Å². The predicted octanol–water partition coefficient (Wildman–Crippen LogP) is 2.54. The van der Waals surface area contributed by atoms with Crippen LogP contribution in [0.25, 0.3) is 0 Å². The van der Waals surface area contributed by atoms with E-state index in [2.05, 4.69) is 15.6 Å². The van der Waals surface area contributed by atoms with Gasteiger partial charge in [-0.15, -0.1) is 11.3 Å². The number of thiazole rings is 1. The van der Waals surface area contributed by atoms with Crippen molar-refractivity contribution in [3.63, 3.8) is 0 Å². The minimum atomic E-state index is -1.07. The number of aliphatic hydroxyl groups is 1. The van der Waals surface area contributed by atoms with Crippen LogP contribution in [0.4, 0.5) is 9.93 Å². The van der Waals surface area contributed by atoms with Crippen molar-refractivity contribution in [1.29, 1.82) is 0 Å². The summed E-state index contributed by atoms with van der Waals surface area (Å²) in [6.45, 7) is 3.73. The first kappa shape index (κ1) is 14.0. The van der Waals surface area contributed by atoms with Crippen molar-refractivity contribution < 1.29 is 9.90 Å². The van der Waals surface area contributed by atoms with E-state index in [1.54, 1.807) is 13.1 Å². The van der Waals surface area contributed by atoms with E-state index in [-0.39, 0.29) is 12.6 Å². The Morgan fingerprint density at radius 2 is 2.37 bits per heavy atom. The van der Waals surface area contributed by atoms with E-state index in [4.69, 9.17) is 0 Å². The maximum absolute atomic E-state index is 11.7. The molecule has 19 heavy (non-hydrogen) atoms. The molecule has 0 spiro atoms. The first-order valence-electron chi connectivity index (χ1n) is 5.70. The highest BCUT2D eigenvalue weighted by atomic mass is 32.1. The molecule has 0 radical (unpaired) electrons. The van der Waals surface area contributed by atoms with E-state index < -0.39 is 5.60 Å². The number of nitrogens with zero attached hydrogens (tertiary/aromatic N) is 1. The standard InChI is InChI=1S/C12H15N3O2S2/c1-8-5-13-11(19-8)15-10(16)14-7-12(2,17)9-3-4-18-6-9/h3-6,17H,7H2,1-2H3,(H2,13,14,15,16)/t12-/m0/s1. The summed E-state index contributed by atoms with van der Waals surface area (Å²) in [6.07, 6.45) is 1.70. The van der Waals surface area contributed by atoms with Crippen LogP contribution in [0.2, 0.25) is 0 Å². The monoisotopic (exact) mass is 297 g/mol. The molecule has 0 aliphatic carbocycles. The van der Waals surface area contributed by atoms with Crippen LogP contribution in [0.1, 0.15) is 17.4 Å². The van der Waals surface area contributed by atoms with Gasteiger partial charge in [-0.3, -0.25) is 5.32 Å². The van der Waals surface area contributed by atoms with Gasteiger partial charge in [0.05, 0.1) is 6.54 Å². The van der Waals surface area contributed by atoms with Gasteiger partial charge in [-0.2, -0.15) is 11.3 Å². The molecule has 2 aromatic heterocycles. The van der Waals surface area contributed by atoms with Crippen LogP contribution in [-0.4, -0.2) is 22.7 Å². The third-order valence-corrected chi connectivity index (χ3v) is 4.09. The Hall–Kier alpha value is -1.44. The lowest BCUT2D eigenvalue weighted by atomic mass is 9.99. The van der Waals surface area contributed by atoms with Gasteiger partial charge in [-0.1, -0.05) is 0 Å². The summed E-state index contributed by atoms with van der Waals surface area (Å²) in [6, 6.07) is 1.47. The number of nitrogens with one attached hydrogen (secondary N) is 2. The highest BCUT2D eigenvalue weighted by Gasteiger charge is 2.24. The Kier molecular flexibility index (Phi) is 4.18. The number of amides is 2. The van der Waals surface area contributed by atoms with Crippen LogP contribution in [-0.2, 0) is 5.60 Å². The molecule has 0 bridgehead atoms. The van der Waals surface area contributed by atoms with Gasteiger partial charge in [-0.05, 0) is 36.2 Å². The Bertz CT molecular complexity index is 549. The number of carbonyl (C=O) groups is 1. The average Bonchev–Trinajstić information content (AvgIpc) is 2.98. The Morgan fingerprint density at radius 1 is 1.58 bits per heavy atom. The Balaban J connectivity index is 1.87. The molecule has 0 fully saturated rings. The molecule has 2 amide bonds. The highest BCUT2D eigenvalue weighted by molar-refractivity contribution is 7.15. The minimum Gasteiger partial charge on any atom is -0.384 e. The molecule has 0 aliphatic rings. The maximum Gasteiger partial charge on any atom is 0.321 e. The summed E-state index contributed by atoms with van der Waals surface area (Å²) in [7, 11) is 0.